The van der Waals surface area contributed by atoms with Crippen LogP contribution in [0.5, 0.6) is 0 Å². The summed E-state index contributed by atoms with van der Waals surface area (Å²) < 4.78 is 22.2. The third-order valence-corrected chi connectivity index (χ3v) is 3.67. The average Bonchev–Trinajstić information content (AvgIpc) is 2.64. The van der Waals surface area contributed by atoms with Crippen LogP contribution >= 0.6 is 0 Å². The Bertz CT molecular complexity index is 339. The van der Waals surface area contributed by atoms with Gasteiger partial charge in [0, 0.05) is 20.0 Å². The number of ether oxygens (including phenoxy) is 4. The number of esters is 1. The molecule has 2 heterocycles. The van der Waals surface area contributed by atoms with Crippen molar-refractivity contribution in [3.8, 4) is 0 Å². The molecule has 0 radical (unpaired) electrons. The van der Waals surface area contributed by atoms with Gasteiger partial charge in [-0.2, -0.15) is 0 Å². The number of hydrogen-bond acceptors (Lipinski definition) is 5. The fourth-order valence-corrected chi connectivity index (χ4v) is 2.96. The molecule has 0 amide bonds. The Kier molecular flexibility index (Phi) is 1.95. The van der Waals surface area contributed by atoms with E-state index in [1.54, 1.807) is 7.11 Å². The second kappa shape index (κ2) is 2.97. The smallest absolute Gasteiger partial charge is 0.339 e. The van der Waals surface area contributed by atoms with Crippen molar-refractivity contribution in [1.29, 1.82) is 0 Å². The molecule has 0 spiro atoms. The zero-order valence-corrected chi connectivity index (χ0v) is 9.69. The summed E-state index contributed by atoms with van der Waals surface area (Å²) in [6.45, 7) is 3.75. The van der Waals surface area contributed by atoms with E-state index in [1.807, 2.05) is 13.8 Å². The maximum absolute atomic E-state index is 11.7. The Morgan fingerprint density at radius 3 is 2.62 bits per heavy atom. The maximum atomic E-state index is 11.7. The first-order chi connectivity index (χ1) is 7.46. The van der Waals surface area contributed by atoms with Crippen LogP contribution < -0.4 is 0 Å². The molecule has 0 aromatic carbocycles. The summed E-state index contributed by atoms with van der Waals surface area (Å²) in [6.07, 6.45) is 0.605. The van der Waals surface area contributed by atoms with Crippen LogP contribution in [0.15, 0.2) is 0 Å². The standard InChI is InChI=1S/C11H16O5/c1-10(2)15-7-5-11(13-3)4-6(8(7)16-10)14-9(11)12/h6-8H,4-5H2,1-3H3/t6-,7-,8+,11-/m1/s1. The molecule has 0 aromatic rings. The lowest BCUT2D eigenvalue weighted by Gasteiger charge is -2.32. The SMILES string of the molecule is CO[C@@]12C[C@@H](OC1=O)[C@@H]1OC(C)(C)O[C@@H]1C2. The molecule has 2 bridgehead atoms. The van der Waals surface area contributed by atoms with Crippen LogP contribution in [-0.4, -0.2) is 42.8 Å². The lowest BCUT2D eigenvalue weighted by atomic mass is 9.82. The van der Waals surface area contributed by atoms with Crippen molar-refractivity contribution < 1.29 is 23.7 Å². The molecule has 2 saturated heterocycles. The van der Waals surface area contributed by atoms with Crippen molar-refractivity contribution in [3.05, 3.63) is 0 Å². The topological polar surface area (TPSA) is 54.0 Å². The zero-order chi connectivity index (χ0) is 11.6. The van der Waals surface area contributed by atoms with E-state index in [2.05, 4.69) is 0 Å². The summed E-state index contributed by atoms with van der Waals surface area (Å²) >= 11 is 0. The molecule has 16 heavy (non-hydrogen) atoms. The number of carbonyl (C=O) groups is 1. The second-order valence-electron chi connectivity index (χ2n) is 5.19. The summed E-state index contributed by atoms with van der Waals surface area (Å²) in [4.78, 5) is 11.7. The van der Waals surface area contributed by atoms with Crippen LogP contribution in [-0.2, 0) is 23.7 Å². The van der Waals surface area contributed by atoms with E-state index in [0.717, 1.165) is 0 Å². The first kappa shape index (κ1) is 10.5. The van der Waals surface area contributed by atoms with Gasteiger partial charge in [0.15, 0.2) is 11.4 Å². The molecule has 4 atom stereocenters. The summed E-state index contributed by atoms with van der Waals surface area (Å²) in [5, 5.41) is 0. The number of carbonyl (C=O) groups excluding carboxylic acids is 1. The minimum atomic E-state index is -0.810. The molecule has 1 saturated carbocycles. The molecule has 0 unspecified atom stereocenters. The molecule has 5 nitrogen and oxygen atoms in total. The van der Waals surface area contributed by atoms with E-state index < -0.39 is 11.4 Å². The molecule has 1 aliphatic carbocycles. The Balaban J connectivity index is 1.90. The van der Waals surface area contributed by atoms with Gasteiger partial charge in [0.1, 0.15) is 12.2 Å². The highest BCUT2D eigenvalue weighted by Gasteiger charge is 2.63. The Hall–Kier alpha value is -0.650. The van der Waals surface area contributed by atoms with E-state index in [4.69, 9.17) is 18.9 Å². The monoisotopic (exact) mass is 228 g/mol. The van der Waals surface area contributed by atoms with Gasteiger partial charge in [0.25, 0.3) is 0 Å². The predicted octanol–water partition coefficient (Wildman–Crippen LogP) is 0.611. The Morgan fingerprint density at radius 1 is 1.25 bits per heavy atom. The van der Waals surface area contributed by atoms with Gasteiger partial charge in [-0.15, -0.1) is 0 Å². The van der Waals surface area contributed by atoms with Gasteiger partial charge < -0.3 is 18.9 Å². The maximum Gasteiger partial charge on any atom is 0.339 e. The fraction of sp³-hybridized carbons (Fsp3) is 0.909. The molecule has 3 rings (SSSR count). The van der Waals surface area contributed by atoms with Crippen molar-refractivity contribution in [2.75, 3.05) is 7.11 Å². The van der Waals surface area contributed by atoms with Crippen molar-refractivity contribution in [1.82, 2.24) is 0 Å². The number of rotatable bonds is 1. The van der Waals surface area contributed by atoms with Crippen molar-refractivity contribution >= 4 is 5.97 Å². The lowest BCUT2D eigenvalue weighted by Crippen LogP contribution is -2.48. The predicted molar refractivity (Wildman–Crippen MR) is 52.7 cm³/mol. The van der Waals surface area contributed by atoms with E-state index in [0.29, 0.717) is 12.8 Å². The second-order valence-corrected chi connectivity index (χ2v) is 5.19. The van der Waals surface area contributed by atoms with Crippen molar-refractivity contribution in [3.63, 3.8) is 0 Å². The van der Waals surface area contributed by atoms with Crippen LogP contribution in [0.25, 0.3) is 0 Å². The van der Waals surface area contributed by atoms with Crippen LogP contribution in [0.2, 0.25) is 0 Å². The first-order valence-corrected chi connectivity index (χ1v) is 5.58. The number of methoxy groups -OCH3 is 1. The lowest BCUT2D eigenvalue weighted by molar-refractivity contribution is -0.173. The van der Waals surface area contributed by atoms with Gasteiger partial charge in [0.2, 0.25) is 0 Å². The highest BCUT2D eigenvalue weighted by molar-refractivity contribution is 5.82. The highest BCUT2D eigenvalue weighted by Crippen LogP contribution is 2.47. The van der Waals surface area contributed by atoms with Crippen molar-refractivity contribution in [2.45, 2.75) is 56.4 Å². The number of fused-ring (bicyclic) bond motifs is 4. The molecule has 2 aliphatic heterocycles. The third kappa shape index (κ3) is 1.25. The van der Waals surface area contributed by atoms with Crippen molar-refractivity contribution in [2.24, 2.45) is 0 Å². The van der Waals surface area contributed by atoms with Gasteiger partial charge in [-0.1, -0.05) is 0 Å². The minimum Gasteiger partial charge on any atom is -0.457 e. The molecule has 0 N–H and O–H groups in total. The van der Waals surface area contributed by atoms with Gasteiger partial charge in [0.05, 0.1) is 6.10 Å². The normalized spacial score (nSPS) is 48.9. The van der Waals surface area contributed by atoms with E-state index in [-0.39, 0.29) is 24.3 Å². The van der Waals surface area contributed by atoms with E-state index in [1.165, 1.54) is 0 Å². The first-order valence-electron chi connectivity index (χ1n) is 5.58. The summed E-state index contributed by atoms with van der Waals surface area (Å²) in [6, 6.07) is 0. The zero-order valence-electron chi connectivity index (χ0n) is 9.69. The molecule has 3 aliphatic rings. The summed E-state index contributed by atoms with van der Waals surface area (Å²) in [7, 11) is 1.55. The minimum absolute atomic E-state index is 0.111. The quantitative estimate of drug-likeness (QED) is 0.615. The van der Waals surface area contributed by atoms with Gasteiger partial charge in [-0.25, -0.2) is 4.79 Å². The van der Waals surface area contributed by atoms with E-state index in [9.17, 15) is 4.79 Å². The highest BCUT2D eigenvalue weighted by atomic mass is 16.8. The third-order valence-electron chi connectivity index (χ3n) is 3.67. The van der Waals surface area contributed by atoms with Crippen LogP contribution in [0.3, 0.4) is 0 Å². The Morgan fingerprint density at radius 2 is 1.94 bits per heavy atom. The van der Waals surface area contributed by atoms with Crippen LogP contribution in [0, 0.1) is 0 Å². The van der Waals surface area contributed by atoms with Gasteiger partial charge >= 0.3 is 5.97 Å². The van der Waals surface area contributed by atoms with Crippen LogP contribution in [0.1, 0.15) is 26.7 Å². The average molecular weight is 228 g/mol. The molecule has 5 heteroatoms. The van der Waals surface area contributed by atoms with Gasteiger partial charge in [-0.3, -0.25) is 0 Å². The largest absolute Gasteiger partial charge is 0.457 e. The molecular formula is C11H16O5. The molecule has 3 fully saturated rings. The summed E-state index contributed by atoms with van der Waals surface area (Å²) in [5.74, 6) is -0.874. The molecule has 90 valence electrons. The number of hydrogen-bond donors (Lipinski definition) is 0. The molecular weight excluding hydrogens is 212 g/mol. The Labute approximate surface area is 94.0 Å². The van der Waals surface area contributed by atoms with E-state index >= 15 is 0 Å². The van der Waals surface area contributed by atoms with Crippen LogP contribution in [0.4, 0.5) is 0 Å². The summed E-state index contributed by atoms with van der Waals surface area (Å²) in [5.41, 5.74) is -0.810. The molecule has 0 aromatic heterocycles. The fourth-order valence-electron chi connectivity index (χ4n) is 2.96. The van der Waals surface area contributed by atoms with Gasteiger partial charge in [-0.05, 0) is 13.8 Å².